The third-order valence-corrected chi connectivity index (χ3v) is 5.64. The monoisotopic (exact) mass is 264 g/mol. The van der Waals surface area contributed by atoms with Crippen LogP contribution in [0, 0.1) is 5.41 Å². The first kappa shape index (κ1) is 12.6. The quantitative estimate of drug-likeness (QED) is 0.895. The van der Waals surface area contributed by atoms with Gasteiger partial charge in [0.25, 0.3) is 0 Å². The summed E-state index contributed by atoms with van der Waals surface area (Å²) in [7, 11) is 0. The van der Waals surface area contributed by atoms with Crippen LogP contribution in [0.25, 0.3) is 0 Å². The third-order valence-electron chi connectivity index (χ3n) is 5.01. The zero-order valence-corrected chi connectivity index (χ0v) is 12.0. The molecule has 2 aliphatic rings. The summed E-state index contributed by atoms with van der Waals surface area (Å²) in [5, 5.41) is 5.89. The van der Waals surface area contributed by atoms with Gasteiger partial charge in [-0.15, -0.1) is 11.3 Å². The molecule has 0 bridgehead atoms. The minimum Gasteiger partial charge on any atom is -0.314 e. The van der Waals surface area contributed by atoms with Crippen LogP contribution in [0.2, 0.25) is 0 Å². The Morgan fingerprint density at radius 2 is 2.00 bits per heavy atom. The summed E-state index contributed by atoms with van der Waals surface area (Å²) >= 11 is 1.70. The van der Waals surface area contributed by atoms with Crippen LogP contribution in [0.1, 0.15) is 57.1 Å². The van der Waals surface area contributed by atoms with E-state index in [2.05, 4.69) is 15.7 Å². The van der Waals surface area contributed by atoms with Crippen LogP contribution in [0.15, 0.2) is 10.9 Å². The second kappa shape index (κ2) is 5.70. The van der Waals surface area contributed by atoms with E-state index in [1.165, 1.54) is 57.1 Å². The Balaban J connectivity index is 1.38. The Hall–Kier alpha value is -0.410. The maximum atomic E-state index is 4.34. The van der Waals surface area contributed by atoms with E-state index in [9.17, 15) is 0 Å². The number of nitrogens with zero attached hydrogens (tertiary/aromatic N) is 1. The minimum atomic E-state index is 0.771. The highest BCUT2D eigenvalue weighted by Gasteiger charge is 2.37. The SMILES string of the molecule is c1nc(CCNC2CCC3(CCCC3)CC2)cs1. The first-order valence-corrected chi connectivity index (χ1v) is 8.41. The molecule has 0 amide bonds. The van der Waals surface area contributed by atoms with E-state index in [1.54, 1.807) is 11.3 Å². The van der Waals surface area contributed by atoms with Crippen molar-refractivity contribution in [2.45, 2.75) is 63.8 Å². The lowest BCUT2D eigenvalue weighted by atomic mass is 9.71. The molecule has 0 unspecified atom stereocenters. The second-order valence-electron chi connectivity index (χ2n) is 6.17. The molecule has 1 aromatic heterocycles. The molecule has 3 rings (SSSR count). The summed E-state index contributed by atoms with van der Waals surface area (Å²) in [6.07, 6.45) is 12.8. The van der Waals surface area contributed by atoms with Crippen molar-refractivity contribution in [1.29, 1.82) is 0 Å². The van der Waals surface area contributed by atoms with Gasteiger partial charge in [-0.1, -0.05) is 12.8 Å². The zero-order valence-electron chi connectivity index (χ0n) is 11.2. The lowest BCUT2D eigenvalue weighted by Gasteiger charge is -2.37. The molecule has 2 aliphatic carbocycles. The van der Waals surface area contributed by atoms with E-state index in [1.807, 2.05) is 5.51 Å². The van der Waals surface area contributed by atoms with Gasteiger partial charge in [0.15, 0.2) is 0 Å². The maximum Gasteiger partial charge on any atom is 0.0794 e. The van der Waals surface area contributed by atoms with Crippen LogP contribution in [0.3, 0.4) is 0 Å². The van der Waals surface area contributed by atoms with Gasteiger partial charge in [0.05, 0.1) is 11.2 Å². The first-order chi connectivity index (χ1) is 8.86. The highest BCUT2D eigenvalue weighted by Crippen LogP contribution is 2.48. The number of nitrogens with one attached hydrogen (secondary N) is 1. The Labute approximate surface area is 114 Å². The average Bonchev–Trinajstić information content (AvgIpc) is 3.04. The number of hydrogen-bond donors (Lipinski definition) is 1. The molecule has 18 heavy (non-hydrogen) atoms. The molecule has 2 fully saturated rings. The van der Waals surface area contributed by atoms with Crippen molar-refractivity contribution in [3.8, 4) is 0 Å². The molecule has 1 aromatic rings. The van der Waals surface area contributed by atoms with Gasteiger partial charge in [0, 0.05) is 24.4 Å². The van der Waals surface area contributed by atoms with Crippen LogP contribution in [-0.2, 0) is 6.42 Å². The Morgan fingerprint density at radius 1 is 1.22 bits per heavy atom. The van der Waals surface area contributed by atoms with E-state index in [4.69, 9.17) is 0 Å². The fourth-order valence-corrected chi connectivity index (χ4v) is 4.42. The molecule has 100 valence electrons. The van der Waals surface area contributed by atoms with E-state index in [0.29, 0.717) is 0 Å². The number of thiazole rings is 1. The summed E-state index contributed by atoms with van der Waals surface area (Å²) < 4.78 is 0. The average molecular weight is 264 g/mol. The van der Waals surface area contributed by atoms with Gasteiger partial charge in [-0.25, -0.2) is 4.98 Å². The lowest BCUT2D eigenvalue weighted by Crippen LogP contribution is -2.37. The van der Waals surface area contributed by atoms with Crippen molar-refractivity contribution in [1.82, 2.24) is 10.3 Å². The molecule has 2 saturated carbocycles. The molecule has 0 aromatic carbocycles. The molecule has 3 heteroatoms. The van der Waals surface area contributed by atoms with Crippen molar-refractivity contribution >= 4 is 11.3 Å². The summed E-state index contributed by atoms with van der Waals surface area (Å²) in [4.78, 5) is 4.34. The molecule has 1 N–H and O–H groups in total. The van der Waals surface area contributed by atoms with Crippen LogP contribution >= 0.6 is 11.3 Å². The summed E-state index contributed by atoms with van der Waals surface area (Å²) in [5.74, 6) is 0. The Bertz CT molecular complexity index is 345. The predicted octanol–water partition coefficient (Wildman–Crippen LogP) is 3.78. The summed E-state index contributed by atoms with van der Waals surface area (Å²) in [6.45, 7) is 1.10. The van der Waals surface area contributed by atoms with Gasteiger partial charge >= 0.3 is 0 Å². The van der Waals surface area contributed by atoms with Gasteiger partial charge in [-0.05, 0) is 43.9 Å². The van der Waals surface area contributed by atoms with Crippen molar-refractivity contribution in [3.63, 3.8) is 0 Å². The molecule has 1 heterocycles. The molecule has 2 nitrogen and oxygen atoms in total. The molecule has 1 spiro atoms. The molecular weight excluding hydrogens is 240 g/mol. The first-order valence-electron chi connectivity index (χ1n) is 7.47. The predicted molar refractivity (Wildman–Crippen MR) is 77.0 cm³/mol. The number of aromatic nitrogens is 1. The van der Waals surface area contributed by atoms with Gasteiger partial charge in [0.1, 0.15) is 0 Å². The third kappa shape index (κ3) is 2.94. The molecule has 0 atom stereocenters. The van der Waals surface area contributed by atoms with Crippen LogP contribution in [0.5, 0.6) is 0 Å². The molecule has 0 radical (unpaired) electrons. The van der Waals surface area contributed by atoms with Crippen LogP contribution in [0.4, 0.5) is 0 Å². The fourth-order valence-electron chi connectivity index (χ4n) is 3.82. The Morgan fingerprint density at radius 3 is 2.67 bits per heavy atom. The standard InChI is InChI=1S/C15H24N2S/c1-2-7-15(6-1)8-3-13(4-9-15)16-10-5-14-11-18-12-17-14/h11-13,16H,1-10H2. The molecular formula is C15H24N2S. The zero-order chi connectivity index (χ0) is 12.3. The highest BCUT2D eigenvalue weighted by molar-refractivity contribution is 7.07. The van der Waals surface area contributed by atoms with E-state index >= 15 is 0 Å². The summed E-state index contributed by atoms with van der Waals surface area (Å²) in [6, 6.07) is 0.773. The van der Waals surface area contributed by atoms with Gasteiger partial charge < -0.3 is 5.32 Å². The van der Waals surface area contributed by atoms with Gasteiger partial charge in [0.2, 0.25) is 0 Å². The van der Waals surface area contributed by atoms with Crippen LogP contribution < -0.4 is 5.32 Å². The topological polar surface area (TPSA) is 24.9 Å². The van der Waals surface area contributed by atoms with Crippen molar-refractivity contribution < 1.29 is 0 Å². The van der Waals surface area contributed by atoms with E-state index < -0.39 is 0 Å². The van der Waals surface area contributed by atoms with Crippen LogP contribution in [-0.4, -0.2) is 17.6 Å². The smallest absolute Gasteiger partial charge is 0.0794 e. The largest absolute Gasteiger partial charge is 0.314 e. The van der Waals surface area contributed by atoms with Crippen molar-refractivity contribution in [2.75, 3.05) is 6.54 Å². The van der Waals surface area contributed by atoms with Crippen molar-refractivity contribution in [2.24, 2.45) is 5.41 Å². The fraction of sp³-hybridized carbons (Fsp3) is 0.800. The number of hydrogen-bond acceptors (Lipinski definition) is 3. The molecule has 0 aliphatic heterocycles. The summed E-state index contributed by atoms with van der Waals surface area (Å²) in [5.41, 5.74) is 3.95. The highest BCUT2D eigenvalue weighted by atomic mass is 32.1. The van der Waals surface area contributed by atoms with E-state index in [-0.39, 0.29) is 0 Å². The van der Waals surface area contributed by atoms with Gasteiger partial charge in [-0.2, -0.15) is 0 Å². The lowest BCUT2D eigenvalue weighted by molar-refractivity contribution is 0.169. The number of rotatable bonds is 4. The van der Waals surface area contributed by atoms with E-state index in [0.717, 1.165) is 24.4 Å². The Kier molecular flexibility index (Phi) is 4.00. The second-order valence-corrected chi connectivity index (χ2v) is 6.88. The van der Waals surface area contributed by atoms with Crippen molar-refractivity contribution in [3.05, 3.63) is 16.6 Å². The molecule has 0 saturated heterocycles. The normalized spacial score (nSPS) is 23.8. The minimum absolute atomic E-state index is 0.771. The maximum absolute atomic E-state index is 4.34. The van der Waals surface area contributed by atoms with Gasteiger partial charge in [-0.3, -0.25) is 0 Å².